The first-order valence-corrected chi connectivity index (χ1v) is 10.4. The monoisotopic (exact) mass is 427 g/mol. The van der Waals surface area contributed by atoms with Gasteiger partial charge in [0.1, 0.15) is 16.5 Å². The molecule has 2 N–H and O–H groups in total. The van der Waals surface area contributed by atoms with Crippen LogP contribution in [0.3, 0.4) is 0 Å². The Bertz CT molecular complexity index is 976. The molecule has 1 aliphatic heterocycles. The number of imide groups is 1. The van der Waals surface area contributed by atoms with E-state index in [1.54, 1.807) is 42.7 Å². The van der Waals surface area contributed by atoms with Crippen molar-refractivity contribution in [1.29, 1.82) is 0 Å². The van der Waals surface area contributed by atoms with E-state index in [1.165, 1.54) is 4.90 Å². The normalized spacial score (nSPS) is 17.6. The number of rotatable bonds is 6. The molecule has 1 fully saturated rings. The van der Waals surface area contributed by atoms with Crippen molar-refractivity contribution in [3.63, 3.8) is 0 Å². The van der Waals surface area contributed by atoms with Gasteiger partial charge in [-0.2, -0.15) is 0 Å². The summed E-state index contributed by atoms with van der Waals surface area (Å²) in [4.78, 5) is 38.9. The number of nitrogens with zero attached hydrogens (tertiary/aromatic N) is 1. The second-order valence-corrected chi connectivity index (χ2v) is 7.80. The number of halogens is 1. The molecular weight excluding hydrogens is 406 g/mol. The molecule has 1 aliphatic carbocycles. The summed E-state index contributed by atoms with van der Waals surface area (Å²) in [5, 5.41) is 5.62. The first-order chi connectivity index (χ1) is 14.5. The summed E-state index contributed by atoms with van der Waals surface area (Å²) in [6.07, 6.45) is 6.32. The maximum Gasteiger partial charge on any atom is 0.279 e. The number of carbonyl (C=O) groups excluding carboxylic acids is 3. The molecule has 2 heterocycles. The van der Waals surface area contributed by atoms with Gasteiger partial charge < -0.3 is 15.1 Å². The van der Waals surface area contributed by atoms with E-state index < -0.39 is 11.8 Å². The third kappa shape index (κ3) is 4.11. The average molecular weight is 428 g/mol. The van der Waals surface area contributed by atoms with E-state index in [2.05, 4.69) is 10.6 Å². The fraction of sp³-hybridized carbons (Fsp3) is 0.318. The van der Waals surface area contributed by atoms with Gasteiger partial charge in [-0.1, -0.05) is 30.9 Å². The Labute approximate surface area is 179 Å². The number of furan rings is 1. The molecule has 0 spiro atoms. The molecule has 0 bridgehead atoms. The van der Waals surface area contributed by atoms with Crippen LogP contribution in [0, 0.1) is 0 Å². The summed E-state index contributed by atoms with van der Waals surface area (Å²) >= 11 is 6.19. The second-order valence-electron chi connectivity index (χ2n) is 7.43. The summed E-state index contributed by atoms with van der Waals surface area (Å²) in [7, 11) is 0. The predicted molar refractivity (Wildman–Crippen MR) is 112 cm³/mol. The van der Waals surface area contributed by atoms with E-state index in [1.807, 2.05) is 0 Å². The van der Waals surface area contributed by atoms with E-state index >= 15 is 0 Å². The Hall–Kier alpha value is -3.06. The smallest absolute Gasteiger partial charge is 0.279 e. The van der Waals surface area contributed by atoms with E-state index in [0.717, 1.165) is 32.1 Å². The van der Waals surface area contributed by atoms with Gasteiger partial charge in [0, 0.05) is 17.3 Å². The molecule has 0 unspecified atom stereocenters. The Morgan fingerprint density at radius 3 is 2.47 bits per heavy atom. The Morgan fingerprint density at radius 2 is 1.80 bits per heavy atom. The molecule has 156 valence electrons. The van der Waals surface area contributed by atoms with Crippen LogP contribution < -0.4 is 10.6 Å². The second kappa shape index (κ2) is 8.75. The molecule has 0 saturated heterocycles. The topological polar surface area (TPSA) is 91.7 Å². The van der Waals surface area contributed by atoms with E-state index in [4.69, 9.17) is 16.0 Å². The van der Waals surface area contributed by atoms with Crippen molar-refractivity contribution >= 4 is 35.0 Å². The average Bonchev–Trinajstić information content (AvgIpc) is 3.36. The molecule has 1 aromatic carbocycles. The van der Waals surface area contributed by atoms with Crippen molar-refractivity contribution in [3.05, 3.63) is 64.7 Å². The number of carbonyl (C=O) groups is 3. The zero-order chi connectivity index (χ0) is 21.1. The number of amides is 3. The standard InChI is InChI=1S/C22H22ClN3O4/c23-18-19(22(29)26(21(18)28)16-5-2-1-3-6-16)25-15-10-8-14(9-11-15)20(27)24-13-17-7-4-12-30-17/h4,7-12,16,25H,1-3,5-6,13H2,(H,24,27). The molecule has 30 heavy (non-hydrogen) atoms. The number of benzene rings is 1. The molecule has 7 nitrogen and oxygen atoms in total. The fourth-order valence-corrected chi connectivity index (χ4v) is 4.05. The number of hydrogen-bond donors (Lipinski definition) is 2. The van der Waals surface area contributed by atoms with Gasteiger partial charge in [0.2, 0.25) is 0 Å². The van der Waals surface area contributed by atoms with Crippen molar-refractivity contribution in [2.45, 2.75) is 44.7 Å². The van der Waals surface area contributed by atoms with Crippen molar-refractivity contribution in [1.82, 2.24) is 10.2 Å². The molecule has 2 aliphatic rings. The largest absolute Gasteiger partial charge is 0.467 e. The number of nitrogens with one attached hydrogen (secondary N) is 2. The van der Waals surface area contributed by atoms with E-state index in [-0.39, 0.29) is 22.7 Å². The lowest BCUT2D eigenvalue weighted by atomic mass is 9.94. The molecule has 0 radical (unpaired) electrons. The molecule has 4 rings (SSSR count). The van der Waals surface area contributed by atoms with Crippen molar-refractivity contribution in [3.8, 4) is 0 Å². The number of anilines is 1. The molecule has 0 atom stereocenters. The molecule has 2 aromatic rings. The maximum atomic E-state index is 12.8. The molecule has 1 aromatic heterocycles. The zero-order valence-electron chi connectivity index (χ0n) is 16.3. The highest BCUT2D eigenvalue weighted by Crippen LogP contribution is 2.32. The predicted octanol–water partition coefficient (Wildman–Crippen LogP) is 3.77. The van der Waals surface area contributed by atoms with Crippen LogP contribution in [0.25, 0.3) is 0 Å². The van der Waals surface area contributed by atoms with Crippen LogP contribution in [0.2, 0.25) is 0 Å². The lowest BCUT2D eigenvalue weighted by Gasteiger charge is -2.29. The first-order valence-electron chi connectivity index (χ1n) is 10.00. The molecule has 8 heteroatoms. The first kappa shape index (κ1) is 20.2. The minimum atomic E-state index is -0.440. The van der Waals surface area contributed by atoms with E-state index in [9.17, 15) is 14.4 Å². The van der Waals surface area contributed by atoms with Crippen LogP contribution in [-0.4, -0.2) is 28.7 Å². The van der Waals surface area contributed by atoms with Gasteiger partial charge in [0.05, 0.1) is 12.8 Å². The van der Waals surface area contributed by atoms with Crippen LogP contribution in [0.4, 0.5) is 5.69 Å². The van der Waals surface area contributed by atoms with Crippen molar-refractivity contribution in [2.75, 3.05) is 5.32 Å². The van der Waals surface area contributed by atoms with Crippen molar-refractivity contribution < 1.29 is 18.8 Å². The minimum absolute atomic E-state index is 0.0854. The third-order valence-corrected chi connectivity index (χ3v) is 5.77. The maximum absolute atomic E-state index is 12.8. The van der Waals surface area contributed by atoms with Gasteiger partial charge in [0.15, 0.2) is 0 Å². The van der Waals surface area contributed by atoms with Crippen LogP contribution in [0.15, 0.2) is 57.8 Å². The summed E-state index contributed by atoms with van der Waals surface area (Å²) < 4.78 is 5.19. The summed E-state index contributed by atoms with van der Waals surface area (Å²) in [6, 6.07) is 10.0. The van der Waals surface area contributed by atoms with Gasteiger partial charge in [-0.05, 0) is 49.2 Å². The highest BCUT2D eigenvalue weighted by molar-refractivity contribution is 6.48. The van der Waals surface area contributed by atoms with Crippen LogP contribution in [0.1, 0.15) is 48.2 Å². The zero-order valence-corrected chi connectivity index (χ0v) is 17.1. The molecule has 3 amide bonds. The number of hydrogen-bond acceptors (Lipinski definition) is 5. The van der Waals surface area contributed by atoms with Crippen molar-refractivity contribution in [2.24, 2.45) is 0 Å². The molecular formula is C22H22ClN3O4. The minimum Gasteiger partial charge on any atom is -0.467 e. The summed E-state index contributed by atoms with van der Waals surface area (Å²) in [6.45, 7) is 0.294. The van der Waals surface area contributed by atoms with Crippen LogP contribution in [-0.2, 0) is 16.1 Å². The van der Waals surface area contributed by atoms with Crippen LogP contribution >= 0.6 is 11.6 Å². The SMILES string of the molecule is O=C(NCc1ccco1)c1ccc(NC2=C(Cl)C(=O)N(C3CCCCC3)C2=O)cc1. The van der Waals surface area contributed by atoms with Gasteiger partial charge in [0.25, 0.3) is 17.7 Å². The lowest BCUT2D eigenvalue weighted by molar-refractivity contribution is -0.140. The quantitative estimate of drug-likeness (QED) is 0.684. The van der Waals surface area contributed by atoms with Crippen LogP contribution in [0.5, 0.6) is 0 Å². The summed E-state index contributed by atoms with van der Waals surface area (Å²) in [5.74, 6) is -0.414. The van der Waals surface area contributed by atoms with Gasteiger partial charge in [-0.15, -0.1) is 0 Å². The highest BCUT2D eigenvalue weighted by atomic mass is 35.5. The highest BCUT2D eigenvalue weighted by Gasteiger charge is 2.42. The van der Waals surface area contributed by atoms with Gasteiger partial charge >= 0.3 is 0 Å². The van der Waals surface area contributed by atoms with Gasteiger partial charge in [-0.25, -0.2) is 0 Å². The van der Waals surface area contributed by atoms with E-state index in [0.29, 0.717) is 23.6 Å². The lowest BCUT2D eigenvalue weighted by Crippen LogP contribution is -2.42. The Balaban J connectivity index is 1.40. The fourth-order valence-electron chi connectivity index (χ4n) is 3.83. The Morgan fingerprint density at radius 1 is 1.07 bits per heavy atom. The summed E-state index contributed by atoms with van der Waals surface area (Å²) in [5.41, 5.74) is 1.12. The van der Waals surface area contributed by atoms with Gasteiger partial charge in [-0.3, -0.25) is 19.3 Å². The third-order valence-electron chi connectivity index (χ3n) is 5.42. The molecule has 1 saturated carbocycles. The Kier molecular flexibility index (Phi) is 5.90.